The Balaban J connectivity index is 2.53. The number of benzene rings is 1. The van der Waals surface area contributed by atoms with E-state index in [1.54, 1.807) is 0 Å². The molecular weight excluding hydrogens is 280 g/mol. The van der Waals surface area contributed by atoms with Crippen LogP contribution >= 0.6 is 0 Å². The number of ether oxygens (including phenoxy) is 1. The van der Waals surface area contributed by atoms with Crippen molar-refractivity contribution >= 4 is 12.0 Å². The quantitative estimate of drug-likeness (QED) is 0.814. The minimum Gasteiger partial charge on any atom is -0.445 e. The highest BCUT2D eigenvalue weighted by Gasteiger charge is 2.22. The second kappa shape index (κ2) is 9.07. The summed E-state index contributed by atoms with van der Waals surface area (Å²) >= 11 is 0. The van der Waals surface area contributed by atoms with Crippen LogP contribution in [0.1, 0.15) is 39.7 Å². The van der Waals surface area contributed by atoms with E-state index in [0.717, 1.165) is 5.56 Å². The lowest BCUT2D eigenvalue weighted by atomic mass is 10.0. The Labute approximate surface area is 132 Å². The van der Waals surface area contributed by atoms with Gasteiger partial charge in [-0.15, -0.1) is 0 Å². The fraction of sp³-hybridized carbons (Fsp3) is 0.529. The molecule has 0 aromatic heterocycles. The SMILES string of the molecule is CC(C)C[C@@H](NC(=O)OCc1ccccc1)C(=O)NC(C)C. The molecule has 0 aliphatic carbocycles. The highest BCUT2D eigenvalue weighted by Crippen LogP contribution is 2.07. The number of carbonyl (C=O) groups is 2. The van der Waals surface area contributed by atoms with Gasteiger partial charge in [0, 0.05) is 6.04 Å². The van der Waals surface area contributed by atoms with Crippen molar-refractivity contribution in [3.63, 3.8) is 0 Å². The summed E-state index contributed by atoms with van der Waals surface area (Å²) in [5.41, 5.74) is 0.907. The molecule has 0 heterocycles. The number of amides is 2. The van der Waals surface area contributed by atoms with E-state index < -0.39 is 12.1 Å². The molecule has 1 rings (SSSR count). The van der Waals surface area contributed by atoms with E-state index in [0.29, 0.717) is 6.42 Å². The first-order chi connectivity index (χ1) is 10.4. The molecule has 2 amide bonds. The first-order valence-electron chi connectivity index (χ1n) is 7.66. The van der Waals surface area contributed by atoms with Crippen LogP contribution in [0.3, 0.4) is 0 Å². The lowest BCUT2D eigenvalue weighted by Gasteiger charge is -2.21. The Kier molecular flexibility index (Phi) is 7.43. The normalized spacial score (nSPS) is 12.1. The number of hydrogen-bond acceptors (Lipinski definition) is 3. The highest BCUT2D eigenvalue weighted by molar-refractivity contribution is 5.85. The van der Waals surface area contributed by atoms with Gasteiger partial charge in [-0.1, -0.05) is 44.2 Å². The predicted octanol–water partition coefficient (Wildman–Crippen LogP) is 2.85. The molecule has 0 radical (unpaired) electrons. The van der Waals surface area contributed by atoms with Crippen molar-refractivity contribution in [1.29, 1.82) is 0 Å². The van der Waals surface area contributed by atoms with Crippen LogP contribution in [0.5, 0.6) is 0 Å². The van der Waals surface area contributed by atoms with Gasteiger partial charge in [0.15, 0.2) is 0 Å². The minimum absolute atomic E-state index is 0.0318. The molecule has 0 aliphatic heterocycles. The first kappa shape index (κ1) is 18.0. The van der Waals surface area contributed by atoms with Crippen molar-refractivity contribution in [3.05, 3.63) is 35.9 Å². The Morgan fingerprint density at radius 2 is 1.68 bits per heavy atom. The third kappa shape index (κ3) is 7.11. The summed E-state index contributed by atoms with van der Waals surface area (Å²) in [6, 6.07) is 8.88. The van der Waals surface area contributed by atoms with Gasteiger partial charge in [-0.3, -0.25) is 4.79 Å². The van der Waals surface area contributed by atoms with E-state index in [4.69, 9.17) is 4.74 Å². The molecule has 5 heteroatoms. The molecule has 1 aromatic carbocycles. The van der Waals surface area contributed by atoms with E-state index >= 15 is 0 Å². The zero-order chi connectivity index (χ0) is 16.5. The molecule has 22 heavy (non-hydrogen) atoms. The summed E-state index contributed by atoms with van der Waals surface area (Å²) in [7, 11) is 0. The first-order valence-corrected chi connectivity index (χ1v) is 7.66. The number of carbonyl (C=O) groups excluding carboxylic acids is 2. The van der Waals surface area contributed by atoms with Gasteiger partial charge in [-0.05, 0) is 31.7 Å². The van der Waals surface area contributed by atoms with Crippen LogP contribution in [0.4, 0.5) is 4.79 Å². The Bertz CT molecular complexity index is 472. The zero-order valence-electron chi connectivity index (χ0n) is 13.8. The summed E-state index contributed by atoms with van der Waals surface area (Å²) in [6.07, 6.45) is -0.00710. The molecule has 0 saturated carbocycles. The maximum atomic E-state index is 12.1. The van der Waals surface area contributed by atoms with Crippen molar-refractivity contribution in [1.82, 2.24) is 10.6 Å². The summed E-state index contributed by atoms with van der Waals surface area (Å²) < 4.78 is 5.17. The molecule has 1 aromatic rings. The van der Waals surface area contributed by atoms with Gasteiger partial charge < -0.3 is 15.4 Å². The molecule has 0 unspecified atom stereocenters. The highest BCUT2D eigenvalue weighted by atomic mass is 16.5. The van der Waals surface area contributed by atoms with Crippen molar-refractivity contribution in [2.75, 3.05) is 0 Å². The third-order valence-corrected chi connectivity index (χ3v) is 2.96. The van der Waals surface area contributed by atoms with Crippen molar-refractivity contribution in [3.8, 4) is 0 Å². The van der Waals surface area contributed by atoms with Crippen LogP contribution in [0, 0.1) is 5.92 Å². The molecule has 122 valence electrons. The average molecular weight is 306 g/mol. The predicted molar refractivity (Wildman–Crippen MR) is 86.3 cm³/mol. The van der Waals surface area contributed by atoms with E-state index in [2.05, 4.69) is 10.6 Å². The Morgan fingerprint density at radius 1 is 1.05 bits per heavy atom. The molecule has 0 fully saturated rings. The molecule has 2 N–H and O–H groups in total. The maximum absolute atomic E-state index is 12.1. The monoisotopic (exact) mass is 306 g/mol. The Morgan fingerprint density at radius 3 is 2.23 bits per heavy atom. The van der Waals surface area contributed by atoms with Gasteiger partial charge >= 0.3 is 6.09 Å². The summed E-state index contributed by atoms with van der Waals surface area (Å²) in [5.74, 6) is 0.109. The van der Waals surface area contributed by atoms with Gasteiger partial charge in [0.2, 0.25) is 5.91 Å². The van der Waals surface area contributed by atoms with Crippen LogP contribution in [-0.2, 0) is 16.1 Å². The van der Waals surface area contributed by atoms with Crippen molar-refractivity contribution in [2.24, 2.45) is 5.92 Å². The number of nitrogens with one attached hydrogen (secondary N) is 2. The third-order valence-electron chi connectivity index (χ3n) is 2.96. The van der Waals surface area contributed by atoms with Crippen LogP contribution in [0.15, 0.2) is 30.3 Å². The summed E-state index contributed by atoms with van der Waals surface area (Å²) in [6.45, 7) is 7.97. The second-order valence-corrected chi connectivity index (χ2v) is 6.05. The van der Waals surface area contributed by atoms with Crippen LogP contribution in [-0.4, -0.2) is 24.1 Å². The molecular formula is C17H26N2O3. The van der Waals surface area contributed by atoms with Gasteiger partial charge in [-0.2, -0.15) is 0 Å². The molecule has 0 spiro atoms. The molecule has 5 nitrogen and oxygen atoms in total. The fourth-order valence-electron chi connectivity index (χ4n) is 2.00. The van der Waals surface area contributed by atoms with Crippen LogP contribution in [0.25, 0.3) is 0 Å². The van der Waals surface area contributed by atoms with Gasteiger partial charge in [-0.25, -0.2) is 4.79 Å². The van der Waals surface area contributed by atoms with Crippen LogP contribution < -0.4 is 10.6 Å². The Hall–Kier alpha value is -2.04. The molecule has 0 aliphatic rings. The lowest BCUT2D eigenvalue weighted by molar-refractivity contribution is -0.123. The molecule has 0 bridgehead atoms. The zero-order valence-corrected chi connectivity index (χ0v) is 13.8. The fourth-order valence-corrected chi connectivity index (χ4v) is 2.00. The van der Waals surface area contributed by atoms with Crippen LogP contribution in [0.2, 0.25) is 0 Å². The van der Waals surface area contributed by atoms with E-state index in [9.17, 15) is 9.59 Å². The number of hydrogen-bond donors (Lipinski definition) is 2. The standard InChI is InChI=1S/C17H26N2O3/c1-12(2)10-15(16(20)18-13(3)4)19-17(21)22-11-14-8-6-5-7-9-14/h5-9,12-13,15H,10-11H2,1-4H3,(H,18,20)(H,19,21)/t15-/m1/s1. The minimum atomic E-state index is -0.578. The molecule has 1 atom stereocenters. The average Bonchev–Trinajstić information content (AvgIpc) is 2.44. The lowest BCUT2D eigenvalue weighted by Crippen LogP contribution is -2.49. The summed E-state index contributed by atoms with van der Waals surface area (Å²) in [5, 5.41) is 5.47. The molecule has 0 saturated heterocycles. The van der Waals surface area contributed by atoms with Gasteiger partial charge in [0.25, 0.3) is 0 Å². The van der Waals surface area contributed by atoms with Gasteiger partial charge in [0.05, 0.1) is 0 Å². The second-order valence-electron chi connectivity index (χ2n) is 6.05. The van der Waals surface area contributed by atoms with Gasteiger partial charge in [0.1, 0.15) is 12.6 Å². The van der Waals surface area contributed by atoms with Crippen molar-refractivity contribution < 1.29 is 14.3 Å². The summed E-state index contributed by atoms with van der Waals surface area (Å²) in [4.78, 5) is 24.0. The van der Waals surface area contributed by atoms with Crippen molar-refractivity contribution in [2.45, 2.75) is 52.8 Å². The smallest absolute Gasteiger partial charge is 0.408 e. The topological polar surface area (TPSA) is 67.4 Å². The van der Waals surface area contributed by atoms with E-state index in [1.807, 2.05) is 58.0 Å². The number of alkyl carbamates (subject to hydrolysis) is 1. The maximum Gasteiger partial charge on any atom is 0.408 e. The van der Waals surface area contributed by atoms with E-state index in [1.165, 1.54) is 0 Å². The van der Waals surface area contributed by atoms with E-state index in [-0.39, 0.29) is 24.5 Å². The largest absolute Gasteiger partial charge is 0.445 e. The number of rotatable bonds is 7.